The van der Waals surface area contributed by atoms with Gasteiger partial charge in [0.05, 0.1) is 6.61 Å². The molecule has 3 heteroatoms. The lowest BCUT2D eigenvalue weighted by atomic mass is 9.99. The molecule has 1 aliphatic heterocycles. The van der Waals surface area contributed by atoms with Gasteiger partial charge in [-0.15, -0.1) is 11.6 Å². The molecule has 1 aromatic rings. The molecule has 1 aliphatic rings. The van der Waals surface area contributed by atoms with Gasteiger partial charge >= 0.3 is 0 Å². The van der Waals surface area contributed by atoms with Gasteiger partial charge in [-0.3, -0.25) is 0 Å². The molecule has 1 heterocycles. The Hall–Kier alpha value is -0.400. The maximum Gasteiger partial charge on any atom is 0.125 e. The van der Waals surface area contributed by atoms with Gasteiger partial charge in [-0.1, -0.05) is 18.5 Å². The summed E-state index contributed by atoms with van der Waals surface area (Å²) in [6, 6.07) is 3.99. The average Bonchev–Trinajstić information content (AvgIpc) is 2.65. The van der Waals surface area contributed by atoms with Crippen molar-refractivity contribution in [3.63, 3.8) is 0 Å². The van der Waals surface area contributed by atoms with E-state index in [9.17, 15) is 0 Å². The molecule has 0 amide bonds. The summed E-state index contributed by atoms with van der Waals surface area (Å²) in [6.07, 6.45) is 1.91. The van der Waals surface area contributed by atoms with E-state index < -0.39 is 0 Å². The van der Waals surface area contributed by atoms with Crippen molar-refractivity contribution in [3.8, 4) is 5.75 Å². The molecule has 0 aliphatic carbocycles. The number of hydrogen-bond donors (Lipinski definition) is 0. The third-order valence-corrected chi connectivity index (χ3v) is 3.40. The molecule has 82 valence electrons. The first-order valence-corrected chi connectivity index (χ1v) is 6.12. The van der Waals surface area contributed by atoms with Gasteiger partial charge in [-0.05, 0) is 35.6 Å². The van der Waals surface area contributed by atoms with Gasteiger partial charge < -0.3 is 4.74 Å². The number of fused-ring (bicyclic) bond motifs is 1. The van der Waals surface area contributed by atoms with Crippen molar-refractivity contribution >= 4 is 23.2 Å². The third-order valence-electron chi connectivity index (χ3n) is 2.66. The molecule has 1 aromatic carbocycles. The van der Waals surface area contributed by atoms with Crippen LogP contribution in [0.15, 0.2) is 12.1 Å². The first-order chi connectivity index (χ1) is 7.20. The van der Waals surface area contributed by atoms with E-state index in [0.717, 1.165) is 30.2 Å². The van der Waals surface area contributed by atoms with Crippen LogP contribution in [0.3, 0.4) is 0 Å². The summed E-state index contributed by atoms with van der Waals surface area (Å²) in [7, 11) is 0. The highest BCUT2D eigenvalue weighted by atomic mass is 35.5. The molecule has 0 saturated heterocycles. The van der Waals surface area contributed by atoms with Crippen LogP contribution in [0, 0.1) is 5.92 Å². The summed E-state index contributed by atoms with van der Waals surface area (Å²) in [5.74, 6) is 2.16. The van der Waals surface area contributed by atoms with Gasteiger partial charge in [-0.2, -0.15) is 0 Å². The Kier molecular flexibility index (Phi) is 3.42. The van der Waals surface area contributed by atoms with Crippen LogP contribution < -0.4 is 4.74 Å². The molecule has 0 radical (unpaired) electrons. The van der Waals surface area contributed by atoms with Crippen molar-refractivity contribution in [1.82, 2.24) is 0 Å². The van der Waals surface area contributed by atoms with Crippen LogP contribution >= 0.6 is 23.2 Å². The quantitative estimate of drug-likeness (QED) is 0.738. The second-order valence-electron chi connectivity index (χ2n) is 4.12. The van der Waals surface area contributed by atoms with Gasteiger partial charge in [0.2, 0.25) is 0 Å². The molecule has 0 aromatic heterocycles. The van der Waals surface area contributed by atoms with Gasteiger partial charge in [0.15, 0.2) is 0 Å². The Bertz CT molecular complexity index is 363. The van der Waals surface area contributed by atoms with E-state index in [-0.39, 0.29) is 0 Å². The lowest BCUT2D eigenvalue weighted by Crippen LogP contribution is -2.02. The molecule has 15 heavy (non-hydrogen) atoms. The zero-order valence-electron chi connectivity index (χ0n) is 8.72. The fraction of sp³-hybridized carbons (Fsp3) is 0.500. The van der Waals surface area contributed by atoms with Crippen LogP contribution in [0.1, 0.15) is 18.1 Å². The number of ether oxygens (including phenoxy) is 1. The highest BCUT2D eigenvalue weighted by Gasteiger charge is 2.18. The minimum absolute atomic E-state index is 0.457. The van der Waals surface area contributed by atoms with Gasteiger partial charge in [-0.25, -0.2) is 0 Å². The maximum absolute atomic E-state index is 6.07. The van der Waals surface area contributed by atoms with Crippen molar-refractivity contribution in [2.24, 2.45) is 5.92 Å². The number of alkyl halides is 1. The Labute approximate surface area is 100 Å². The fourth-order valence-electron chi connectivity index (χ4n) is 1.93. The smallest absolute Gasteiger partial charge is 0.125 e. The number of benzene rings is 1. The topological polar surface area (TPSA) is 9.23 Å². The predicted molar refractivity (Wildman–Crippen MR) is 64.2 cm³/mol. The molecule has 2 rings (SSSR count). The summed E-state index contributed by atoms with van der Waals surface area (Å²) in [5.41, 5.74) is 2.43. The highest BCUT2D eigenvalue weighted by molar-refractivity contribution is 6.30. The van der Waals surface area contributed by atoms with Crippen LogP contribution in [-0.4, -0.2) is 12.5 Å². The van der Waals surface area contributed by atoms with Crippen LogP contribution in [0.25, 0.3) is 0 Å². The Balaban J connectivity index is 2.30. The zero-order chi connectivity index (χ0) is 10.8. The molecule has 0 bridgehead atoms. The summed E-state index contributed by atoms with van der Waals surface area (Å²) < 4.78 is 5.63. The monoisotopic (exact) mass is 244 g/mol. The van der Waals surface area contributed by atoms with Crippen LogP contribution in [-0.2, 0) is 12.8 Å². The van der Waals surface area contributed by atoms with E-state index in [0.29, 0.717) is 11.8 Å². The first-order valence-electron chi connectivity index (χ1n) is 5.20. The van der Waals surface area contributed by atoms with E-state index in [4.69, 9.17) is 27.9 Å². The average molecular weight is 245 g/mol. The fourth-order valence-corrected chi connectivity index (χ4v) is 2.30. The molecule has 0 spiro atoms. The lowest BCUT2D eigenvalue weighted by Gasteiger charge is -2.12. The van der Waals surface area contributed by atoms with Gasteiger partial charge in [0.1, 0.15) is 5.75 Å². The number of hydrogen-bond acceptors (Lipinski definition) is 1. The van der Waals surface area contributed by atoms with Gasteiger partial charge in [0, 0.05) is 17.3 Å². The van der Waals surface area contributed by atoms with E-state index in [2.05, 4.69) is 6.92 Å². The summed E-state index contributed by atoms with van der Waals surface area (Å²) in [5, 5.41) is 0.802. The maximum atomic E-state index is 6.07. The van der Waals surface area contributed by atoms with E-state index in [1.165, 1.54) is 11.1 Å². The largest absolute Gasteiger partial charge is 0.493 e. The Morgan fingerprint density at radius 2 is 2.27 bits per heavy atom. The van der Waals surface area contributed by atoms with Crippen LogP contribution in [0.4, 0.5) is 0 Å². The standard InChI is InChI=1S/C12H14Cl2O/c1-8(7-13)4-10-6-11(14)5-9-2-3-15-12(9)10/h5-6,8H,2-4,7H2,1H3. The van der Waals surface area contributed by atoms with Crippen molar-refractivity contribution in [2.75, 3.05) is 12.5 Å². The molecule has 1 atom stereocenters. The minimum Gasteiger partial charge on any atom is -0.493 e. The third kappa shape index (κ3) is 2.40. The summed E-state index contributed by atoms with van der Waals surface area (Å²) in [4.78, 5) is 0. The van der Waals surface area contributed by atoms with Crippen molar-refractivity contribution in [2.45, 2.75) is 19.8 Å². The second kappa shape index (κ2) is 4.63. The highest BCUT2D eigenvalue weighted by Crippen LogP contribution is 2.34. The SMILES string of the molecule is CC(CCl)Cc1cc(Cl)cc2c1OCC2. The van der Waals surface area contributed by atoms with Gasteiger partial charge in [0.25, 0.3) is 0 Å². The second-order valence-corrected chi connectivity index (χ2v) is 4.86. The van der Waals surface area contributed by atoms with Crippen molar-refractivity contribution in [1.29, 1.82) is 0 Å². The molecule has 1 nitrogen and oxygen atoms in total. The molecular weight excluding hydrogens is 231 g/mol. The first kappa shape index (κ1) is 11.1. The van der Waals surface area contributed by atoms with Crippen LogP contribution in [0.2, 0.25) is 5.02 Å². The Morgan fingerprint density at radius 3 is 3.00 bits per heavy atom. The van der Waals surface area contributed by atoms with E-state index >= 15 is 0 Å². The predicted octanol–water partition coefficient (Wildman–Crippen LogP) is 3.69. The zero-order valence-corrected chi connectivity index (χ0v) is 10.2. The number of rotatable bonds is 3. The van der Waals surface area contributed by atoms with Crippen LogP contribution in [0.5, 0.6) is 5.75 Å². The molecular formula is C12H14Cl2O. The Morgan fingerprint density at radius 1 is 1.47 bits per heavy atom. The molecule has 0 N–H and O–H groups in total. The van der Waals surface area contributed by atoms with Crippen molar-refractivity contribution in [3.05, 3.63) is 28.3 Å². The molecule has 0 saturated carbocycles. The normalized spacial score (nSPS) is 15.9. The number of halogens is 2. The van der Waals surface area contributed by atoms with E-state index in [1.807, 2.05) is 12.1 Å². The van der Waals surface area contributed by atoms with Crippen molar-refractivity contribution < 1.29 is 4.74 Å². The summed E-state index contributed by atoms with van der Waals surface area (Å²) in [6.45, 7) is 2.91. The van der Waals surface area contributed by atoms with E-state index in [1.54, 1.807) is 0 Å². The lowest BCUT2D eigenvalue weighted by molar-refractivity contribution is 0.352. The minimum atomic E-state index is 0.457. The molecule has 1 unspecified atom stereocenters. The molecule has 0 fully saturated rings. The summed E-state index contributed by atoms with van der Waals surface area (Å²) >= 11 is 11.9.